The molecule has 0 radical (unpaired) electrons. The maximum Gasteiger partial charge on any atom is 0.102 e. The van der Waals surface area contributed by atoms with Gasteiger partial charge in [-0.25, -0.2) is 0 Å². The normalized spacial score (nSPS) is 11.1. The van der Waals surface area contributed by atoms with E-state index in [1.54, 1.807) is 0 Å². The lowest BCUT2D eigenvalue weighted by Gasteiger charge is -2.17. The molecular formula is C45H25N5. The summed E-state index contributed by atoms with van der Waals surface area (Å²) in [7, 11) is 0. The minimum Gasteiger partial charge on any atom is -0.309 e. The Morgan fingerprint density at radius 2 is 0.940 bits per heavy atom. The Labute approximate surface area is 287 Å². The van der Waals surface area contributed by atoms with Crippen LogP contribution >= 0.6 is 0 Å². The first-order valence-corrected chi connectivity index (χ1v) is 16.3. The van der Waals surface area contributed by atoms with Gasteiger partial charge in [0.15, 0.2) is 0 Å². The van der Waals surface area contributed by atoms with Crippen LogP contribution in [0, 0.1) is 34.0 Å². The van der Waals surface area contributed by atoms with Crippen LogP contribution in [0.5, 0.6) is 0 Å². The highest BCUT2D eigenvalue weighted by atomic mass is 15.0. The predicted molar refractivity (Wildman–Crippen MR) is 200 cm³/mol. The fourth-order valence-corrected chi connectivity index (χ4v) is 7.38. The lowest BCUT2D eigenvalue weighted by molar-refractivity contribution is 1.16. The van der Waals surface area contributed by atoms with E-state index in [-0.39, 0.29) is 0 Å². The first-order chi connectivity index (χ1) is 24.7. The summed E-state index contributed by atoms with van der Waals surface area (Å²) in [5, 5.41) is 34.4. The summed E-state index contributed by atoms with van der Waals surface area (Å²) in [4.78, 5) is 0. The fraction of sp³-hybridized carbons (Fsp3) is 0. The average Bonchev–Trinajstić information content (AvgIpc) is 3.69. The molecule has 0 saturated heterocycles. The van der Waals surface area contributed by atoms with Crippen molar-refractivity contribution in [2.75, 3.05) is 0 Å². The molecule has 0 fully saturated rings. The van der Waals surface area contributed by atoms with E-state index < -0.39 is 0 Å². The third kappa shape index (κ3) is 4.38. The van der Waals surface area contributed by atoms with E-state index in [0.29, 0.717) is 16.7 Å². The van der Waals surface area contributed by atoms with E-state index in [1.807, 2.05) is 84.9 Å². The van der Waals surface area contributed by atoms with Crippen LogP contribution in [0.15, 0.2) is 152 Å². The highest BCUT2D eigenvalue weighted by Gasteiger charge is 2.21. The van der Waals surface area contributed by atoms with Crippen molar-refractivity contribution in [3.05, 3.63) is 168 Å². The van der Waals surface area contributed by atoms with Gasteiger partial charge in [-0.15, -0.1) is 0 Å². The number of nitriles is 3. The zero-order valence-corrected chi connectivity index (χ0v) is 26.7. The van der Waals surface area contributed by atoms with Gasteiger partial charge < -0.3 is 9.13 Å². The lowest BCUT2D eigenvalue weighted by atomic mass is 9.93. The monoisotopic (exact) mass is 635 g/mol. The molecule has 0 saturated carbocycles. The second-order valence-electron chi connectivity index (χ2n) is 12.3. The van der Waals surface area contributed by atoms with E-state index >= 15 is 0 Å². The molecule has 0 atom stereocenters. The maximum absolute atomic E-state index is 11.0. The van der Waals surface area contributed by atoms with Crippen LogP contribution in [0.3, 0.4) is 0 Å². The number of nitrogens with zero attached hydrogens (tertiary/aromatic N) is 5. The molecule has 0 N–H and O–H groups in total. The van der Waals surface area contributed by atoms with Gasteiger partial charge in [0.05, 0.1) is 56.6 Å². The third-order valence-corrected chi connectivity index (χ3v) is 9.60. The zero-order valence-electron chi connectivity index (χ0n) is 26.7. The van der Waals surface area contributed by atoms with E-state index in [1.165, 1.54) is 0 Å². The fourth-order valence-electron chi connectivity index (χ4n) is 7.38. The smallest absolute Gasteiger partial charge is 0.102 e. The first kappa shape index (κ1) is 28.8. The standard InChI is InChI=1S/C45H25N5/c46-26-29-17-19-43-38(21-29)35-13-4-6-15-41(35)49(43)34-12-8-11-32(23-34)37-24-33(31-9-2-1-3-10-31)25-45(40(37)28-48)50-42-16-7-5-14-36(42)39-22-30(27-47)18-20-44(39)50/h1-25H. The molecule has 0 amide bonds. The van der Waals surface area contributed by atoms with Crippen molar-refractivity contribution in [2.24, 2.45) is 0 Å². The summed E-state index contributed by atoms with van der Waals surface area (Å²) >= 11 is 0. The number of para-hydroxylation sites is 2. The van der Waals surface area contributed by atoms with Gasteiger partial charge in [0, 0.05) is 32.8 Å². The summed E-state index contributed by atoms with van der Waals surface area (Å²) in [6.45, 7) is 0. The second kappa shape index (κ2) is 11.4. The molecule has 0 aliphatic carbocycles. The Bertz CT molecular complexity index is 2960. The molecule has 7 aromatic carbocycles. The van der Waals surface area contributed by atoms with Crippen molar-refractivity contribution in [3.8, 4) is 51.8 Å². The molecule has 9 aromatic rings. The van der Waals surface area contributed by atoms with E-state index in [2.05, 4.69) is 94.1 Å². The number of hydrogen-bond acceptors (Lipinski definition) is 3. The Balaban J connectivity index is 1.34. The average molecular weight is 636 g/mol. The number of aromatic nitrogens is 2. The van der Waals surface area contributed by atoms with Crippen molar-refractivity contribution in [1.82, 2.24) is 9.13 Å². The molecule has 0 aliphatic rings. The number of rotatable bonds is 4. The Hall–Kier alpha value is -7.39. The van der Waals surface area contributed by atoms with Crippen LogP contribution in [0.25, 0.3) is 77.2 Å². The molecule has 0 aliphatic heterocycles. The summed E-state index contributed by atoms with van der Waals surface area (Å²) < 4.78 is 4.38. The molecule has 9 rings (SSSR count). The number of fused-ring (bicyclic) bond motifs is 6. The SMILES string of the molecule is N#Cc1ccc2c(c1)c1ccccc1n2-c1cccc(-c2cc(-c3ccccc3)cc(-n3c4ccccc4c4cc(C#N)ccc43)c2C#N)c1. The van der Waals surface area contributed by atoms with Crippen LogP contribution in [0.4, 0.5) is 0 Å². The summed E-state index contributed by atoms with van der Waals surface area (Å²) in [6, 6.07) is 57.9. The molecule has 5 heteroatoms. The van der Waals surface area contributed by atoms with Gasteiger partial charge in [-0.05, 0) is 89.5 Å². The zero-order chi connectivity index (χ0) is 33.8. The van der Waals surface area contributed by atoms with Crippen LogP contribution in [0.2, 0.25) is 0 Å². The Morgan fingerprint density at radius 1 is 0.380 bits per heavy atom. The number of benzene rings is 7. The van der Waals surface area contributed by atoms with Gasteiger partial charge in [-0.2, -0.15) is 15.8 Å². The molecule has 230 valence electrons. The van der Waals surface area contributed by atoms with Crippen LogP contribution in [0.1, 0.15) is 16.7 Å². The molecule has 2 aromatic heterocycles. The van der Waals surface area contributed by atoms with Crippen LogP contribution in [-0.4, -0.2) is 9.13 Å². The number of hydrogen-bond donors (Lipinski definition) is 0. The van der Waals surface area contributed by atoms with Crippen molar-refractivity contribution in [2.45, 2.75) is 0 Å². The van der Waals surface area contributed by atoms with Gasteiger partial charge in [-0.3, -0.25) is 0 Å². The first-order valence-electron chi connectivity index (χ1n) is 16.3. The van der Waals surface area contributed by atoms with Gasteiger partial charge in [-0.1, -0.05) is 78.9 Å². The molecule has 50 heavy (non-hydrogen) atoms. The largest absolute Gasteiger partial charge is 0.309 e. The molecule has 5 nitrogen and oxygen atoms in total. The summed E-state index contributed by atoms with van der Waals surface area (Å²) in [5.74, 6) is 0. The van der Waals surface area contributed by atoms with E-state index in [9.17, 15) is 15.8 Å². The summed E-state index contributed by atoms with van der Waals surface area (Å²) in [5.41, 5.74) is 11.2. The van der Waals surface area contributed by atoms with Crippen LogP contribution in [-0.2, 0) is 0 Å². The predicted octanol–water partition coefficient (Wildman–Crippen LogP) is 10.8. The maximum atomic E-state index is 11.0. The highest BCUT2D eigenvalue weighted by Crippen LogP contribution is 2.40. The van der Waals surface area contributed by atoms with Gasteiger partial charge >= 0.3 is 0 Å². The Kier molecular flexibility index (Phi) is 6.56. The highest BCUT2D eigenvalue weighted by molar-refractivity contribution is 6.11. The molecule has 0 bridgehead atoms. The van der Waals surface area contributed by atoms with Gasteiger partial charge in [0.25, 0.3) is 0 Å². The lowest BCUT2D eigenvalue weighted by Crippen LogP contribution is -2.01. The summed E-state index contributed by atoms with van der Waals surface area (Å²) in [6.07, 6.45) is 0. The third-order valence-electron chi connectivity index (χ3n) is 9.60. The van der Waals surface area contributed by atoms with Crippen molar-refractivity contribution < 1.29 is 0 Å². The minimum atomic E-state index is 0.551. The van der Waals surface area contributed by atoms with Crippen molar-refractivity contribution in [1.29, 1.82) is 15.8 Å². The van der Waals surface area contributed by atoms with E-state index in [0.717, 1.165) is 77.2 Å². The molecule has 0 unspecified atom stereocenters. The van der Waals surface area contributed by atoms with E-state index in [4.69, 9.17) is 0 Å². The second-order valence-corrected chi connectivity index (χ2v) is 12.3. The minimum absolute atomic E-state index is 0.551. The Morgan fingerprint density at radius 3 is 1.58 bits per heavy atom. The molecule has 2 heterocycles. The van der Waals surface area contributed by atoms with Crippen LogP contribution < -0.4 is 0 Å². The topological polar surface area (TPSA) is 81.2 Å². The van der Waals surface area contributed by atoms with Gasteiger partial charge in [0.2, 0.25) is 0 Å². The van der Waals surface area contributed by atoms with Crippen molar-refractivity contribution >= 4 is 43.6 Å². The quantitative estimate of drug-likeness (QED) is 0.193. The van der Waals surface area contributed by atoms with Crippen molar-refractivity contribution in [3.63, 3.8) is 0 Å². The molecular weight excluding hydrogens is 611 g/mol. The molecule has 0 spiro atoms. The van der Waals surface area contributed by atoms with Gasteiger partial charge in [0.1, 0.15) is 6.07 Å².